The SMILES string of the molecule is CC(C)c1c(CCl)cc(CCl)cc1CCl. The van der Waals surface area contributed by atoms with E-state index in [4.69, 9.17) is 34.8 Å². The van der Waals surface area contributed by atoms with Gasteiger partial charge in [-0.1, -0.05) is 26.0 Å². The van der Waals surface area contributed by atoms with Crippen molar-refractivity contribution in [3.63, 3.8) is 0 Å². The number of benzene rings is 1. The molecule has 0 saturated heterocycles. The van der Waals surface area contributed by atoms with Crippen LogP contribution < -0.4 is 0 Å². The Morgan fingerprint density at radius 3 is 1.67 bits per heavy atom. The minimum atomic E-state index is 0.442. The average molecular weight is 266 g/mol. The smallest absolute Gasteiger partial charge is 0.0477 e. The topological polar surface area (TPSA) is 0 Å². The van der Waals surface area contributed by atoms with Crippen LogP contribution in [0.5, 0.6) is 0 Å². The van der Waals surface area contributed by atoms with E-state index in [9.17, 15) is 0 Å². The zero-order chi connectivity index (χ0) is 11.4. The van der Waals surface area contributed by atoms with Gasteiger partial charge in [-0.25, -0.2) is 0 Å². The summed E-state index contributed by atoms with van der Waals surface area (Å²) >= 11 is 17.7. The lowest BCUT2D eigenvalue weighted by atomic mass is 9.91. The summed E-state index contributed by atoms with van der Waals surface area (Å²) in [6.07, 6.45) is 0. The summed E-state index contributed by atoms with van der Waals surface area (Å²) in [4.78, 5) is 0. The molecular weight excluding hydrogens is 250 g/mol. The summed E-state index contributed by atoms with van der Waals surface area (Å²) in [5.74, 6) is 1.98. The molecule has 0 aliphatic carbocycles. The number of hydrogen-bond acceptors (Lipinski definition) is 0. The van der Waals surface area contributed by atoms with Crippen molar-refractivity contribution < 1.29 is 0 Å². The Morgan fingerprint density at radius 2 is 1.40 bits per heavy atom. The average Bonchev–Trinajstić information content (AvgIpc) is 2.26. The van der Waals surface area contributed by atoms with E-state index in [2.05, 4.69) is 26.0 Å². The molecule has 0 aliphatic heterocycles. The first kappa shape index (κ1) is 13.2. The Balaban J connectivity index is 3.32. The van der Waals surface area contributed by atoms with Gasteiger partial charge in [0.2, 0.25) is 0 Å². The molecule has 1 rings (SSSR count). The third-order valence-electron chi connectivity index (χ3n) is 2.43. The van der Waals surface area contributed by atoms with Gasteiger partial charge in [-0.15, -0.1) is 34.8 Å². The van der Waals surface area contributed by atoms with Crippen LogP contribution in [0, 0.1) is 0 Å². The second-order valence-corrected chi connectivity index (χ2v) is 4.69. The van der Waals surface area contributed by atoms with Crippen molar-refractivity contribution in [3.8, 4) is 0 Å². The minimum absolute atomic E-state index is 0.442. The summed E-state index contributed by atoms with van der Waals surface area (Å²) in [7, 11) is 0. The van der Waals surface area contributed by atoms with Crippen LogP contribution >= 0.6 is 34.8 Å². The Kier molecular flexibility index (Phi) is 5.25. The lowest BCUT2D eigenvalue weighted by Crippen LogP contribution is -2.01. The van der Waals surface area contributed by atoms with Gasteiger partial charge in [-0.05, 0) is 28.2 Å². The fraction of sp³-hybridized carbons (Fsp3) is 0.500. The molecule has 0 saturated carbocycles. The highest BCUT2D eigenvalue weighted by molar-refractivity contribution is 6.18. The summed E-state index contributed by atoms with van der Waals surface area (Å²) in [6, 6.07) is 4.15. The van der Waals surface area contributed by atoms with E-state index in [0.717, 1.165) is 16.7 Å². The molecule has 0 aliphatic rings. The third kappa shape index (κ3) is 3.03. The maximum Gasteiger partial charge on any atom is 0.0477 e. The number of hydrogen-bond donors (Lipinski definition) is 0. The fourth-order valence-electron chi connectivity index (χ4n) is 1.89. The monoisotopic (exact) mass is 264 g/mol. The van der Waals surface area contributed by atoms with Crippen molar-refractivity contribution in [2.45, 2.75) is 37.4 Å². The Bertz CT molecular complexity index is 307. The standard InChI is InChI=1S/C12H15Cl3/c1-8(2)12-10(6-14)3-9(5-13)4-11(12)7-15/h3-4,8H,5-7H2,1-2H3. The van der Waals surface area contributed by atoms with E-state index < -0.39 is 0 Å². The highest BCUT2D eigenvalue weighted by atomic mass is 35.5. The molecular formula is C12H15Cl3. The minimum Gasteiger partial charge on any atom is -0.122 e. The number of rotatable bonds is 4. The molecule has 0 heterocycles. The first-order valence-electron chi connectivity index (χ1n) is 4.96. The maximum absolute atomic E-state index is 5.95. The van der Waals surface area contributed by atoms with E-state index in [1.807, 2.05) is 0 Å². The Labute approximate surface area is 107 Å². The van der Waals surface area contributed by atoms with Gasteiger partial charge in [0.15, 0.2) is 0 Å². The second-order valence-electron chi connectivity index (χ2n) is 3.88. The van der Waals surface area contributed by atoms with Crippen molar-refractivity contribution in [2.24, 2.45) is 0 Å². The van der Waals surface area contributed by atoms with Crippen molar-refractivity contribution in [2.75, 3.05) is 0 Å². The van der Waals surface area contributed by atoms with Crippen LogP contribution in [0.4, 0.5) is 0 Å². The van der Waals surface area contributed by atoms with Gasteiger partial charge in [0.05, 0.1) is 0 Å². The van der Waals surface area contributed by atoms with Crippen molar-refractivity contribution in [1.29, 1.82) is 0 Å². The van der Waals surface area contributed by atoms with E-state index in [1.165, 1.54) is 5.56 Å². The van der Waals surface area contributed by atoms with Crippen LogP contribution in [0.25, 0.3) is 0 Å². The van der Waals surface area contributed by atoms with E-state index >= 15 is 0 Å². The van der Waals surface area contributed by atoms with Crippen LogP contribution in [0.3, 0.4) is 0 Å². The van der Waals surface area contributed by atoms with Gasteiger partial charge >= 0.3 is 0 Å². The van der Waals surface area contributed by atoms with E-state index in [0.29, 0.717) is 23.6 Å². The van der Waals surface area contributed by atoms with Crippen molar-refractivity contribution in [3.05, 3.63) is 34.4 Å². The summed E-state index contributed by atoms with van der Waals surface area (Å²) < 4.78 is 0. The largest absolute Gasteiger partial charge is 0.122 e. The fourth-order valence-corrected chi connectivity index (χ4v) is 2.49. The molecule has 1 aromatic rings. The molecule has 0 N–H and O–H groups in total. The molecule has 0 bridgehead atoms. The number of halogens is 3. The van der Waals surface area contributed by atoms with Gasteiger partial charge < -0.3 is 0 Å². The quantitative estimate of drug-likeness (QED) is 0.670. The van der Waals surface area contributed by atoms with E-state index in [-0.39, 0.29) is 0 Å². The van der Waals surface area contributed by atoms with Gasteiger partial charge in [0.25, 0.3) is 0 Å². The Morgan fingerprint density at radius 1 is 0.933 bits per heavy atom. The summed E-state index contributed by atoms with van der Waals surface area (Å²) in [5.41, 5.74) is 4.67. The van der Waals surface area contributed by atoms with Gasteiger partial charge in [-0.2, -0.15) is 0 Å². The molecule has 0 atom stereocenters. The van der Waals surface area contributed by atoms with Crippen molar-refractivity contribution in [1.82, 2.24) is 0 Å². The first-order valence-corrected chi connectivity index (χ1v) is 6.56. The summed E-state index contributed by atoms with van der Waals surface area (Å²) in [6.45, 7) is 4.31. The molecule has 1 aromatic carbocycles. The Hall–Kier alpha value is 0.0900. The van der Waals surface area contributed by atoms with Gasteiger partial charge in [-0.3, -0.25) is 0 Å². The predicted molar refractivity (Wildman–Crippen MR) is 69.2 cm³/mol. The molecule has 0 aromatic heterocycles. The molecule has 84 valence electrons. The normalized spacial score (nSPS) is 11.1. The maximum atomic E-state index is 5.95. The lowest BCUT2D eigenvalue weighted by Gasteiger charge is -2.17. The molecule has 0 spiro atoms. The molecule has 15 heavy (non-hydrogen) atoms. The van der Waals surface area contributed by atoms with Crippen LogP contribution in [0.15, 0.2) is 12.1 Å². The van der Waals surface area contributed by atoms with Crippen LogP contribution in [0.2, 0.25) is 0 Å². The van der Waals surface area contributed by atoms with Gasteiger partial charge in [0.1, 0.15) is 0 Å². The molecule has 0 fully saturated rings. The second kappa shape index (κ2) is 5.98. The highest BCUT2D eigenvalue weighted by Crippen LogP contribution is 2.28. The lowest BCUT2D eigenvalue weighted by molar-refractivity contribution is 0.840. The van der Waals surface area contributed by atoms with Gasteiger partial charge in [0, 0.05) is 17.6 Å². The molecule has 3 heteroatoms. The molecule has 0 nitrogen and oxygen atoms in total. The van der Waals surface area contributed by atoms with Crippen LogP contribution in [-0.2, 0) is 17.6 Å². The first-order chi connectivity index (χ1) is 7.13. The molecule has 0 unspecified atom stereocenters. The van der Waals surface area contributed by atoms with Crippen LogP contribution in [-0.4, -0.2) is 0 Å². The van der Waals surface area contributed by atoms with Crippen LogP contribution in [0.1, 0.15) is 42.0 Å². The predicted octanol–water partition coefficient (Wildman–Crippen LogP) is 5.03. The number of alkyl halides is 3. The molecule has 0 radical (unpaired) electrons. The zero-order valence-corrected chi connectivity index (χ0v) is 11.3. The highest BCUT2D eigenvalue weighted by Gasteiger charge is 2.12. The molecule has 0 amide bonds. The zero-order valence-electron chi connectivity index (χ0n) is 8.99. The summed E-state index contributed by atoms with van der Waals surface area (Å²) in [5, 5.41) is 0. The van der Waals surface area contributed by atoms with E-state index in [1.54, 1.807) is 0 Å². The third-order valence-corrected chi connectivity index (χ3v) is 3.32. The van der Waals surface area contributed by atoms with Crippen molar-refractivity contribution >= 4 is 34.8 Å².